The Morgan fingerprint density at radius 1 is 1.12 bits per heavy atom. The molecule has 1 amide bonds. The van der Waals surface area contributed by atoms with Gasteiger partial charge in [0, 0.05) is 6.54 Å². The van der Waals surface area contributed by atoms with E-state index >= 15 is 0 Å². The van der Waals surface area contributed by atoms with Gasteiger partial charge in [0.1, 0.15) is 0 Å². The minimum atomic E-state index is -1.06. The number of nitrogens with zero attached hydrogens (tertiary/aromatic N) is 1. The first-order chi connectivity index (χ1) is 8.20. The van der Waals surface area contributed by atoms with Crippen molar-refractivity contribution in [3.63, 3.8) is 0 Å². The lowest BCUT2D eigenvalue weighted by molar-refractivity contribution is -0.172. The smallest absolute Gasteiger partial charge is 0.328 e. The van der Waals surface area contributed by atoms with Crippen molar-refractivity contribution in [2.75, 3.05) is 39.6 Å². The standard InChI is InChI=1S/C10H15NO6/c12-9(8-6-16-3-4-17-8)11-1-2-15-5-7(11)10(13)14/h7-8H,1-6H2,(H,13,14). The number of carbonyl (C=O) groups excluding carboxylic acids is 1. The van der Waals surface area contributed by atoms with E-state index in [-0.39, 0.29) is 25.7 Å². The number of carboxylic acid groups (broad SMARTS) is 1. The molecule has 0 aliphatic carbocycles. The third-order valence-electron chi connectivity index (χ3n) is 2.79. The Bertz CT molecular complexity index is 301. The van der Waals surface area contributed by atoms with Crippen LogP contribution in [0, 0.1) is 0 Å². The van der Waals surface area contributed by atoms with Crippen molar-refractivity contribution in [2.24, 2.45) is 0 Å². The lowest BCUT2D eigenvalue weighted by Crippen LogP contribution is -2.57. The van der Waals surface area contributed by atoms with Crippen LogP contribution < -0.4 is 0 Å². The summed E-state index contributed by atoms with van der Waals surface area (Å²) in [5.74, 6) is -1.39. The molecule has 0 aromatic heterocycles. The molecular formula is C10H15NO6. The van der Waals surface area contributed by atoms with Gasteiger partial charge in [-0.1, -0.05) is 0 Å². The first-order valence-corrected chi connectivity index (χ1v) is 5.50. The summed E-state index contributed by atoms with van der Waals surface area (Å²) in [7, 11) is 0. The van der Waals surface area contributed by atoms with Gasteiger partial charge < -0.3 is 24.2 Å². The fourth-order valence-electron chi connectivity index (χ4n) is 1.89. The highest BCUT2D eigenvalue weighted by Crippen LogP contribution is 2.12. The molecule has 2 atom stereocenters. The fraction of sp³-hybridized carbons (Fsp3) is 0.800. The van der Waals surface area contributed by atoms with Crippen LogP contribution >= 0.6 is 0 Å². The third-order valence-corrected chi connectivity index (χ3v) is 2.79. The number of ether oxygens (including phenoxy) is 3. The number of hydrogen-bond donors (Lipinski definition) is 1. The Morgan fingerprint density at radius 3 is 2.53 bits per heavy atom. The number of hydrogen-bond acceptors (Lipinski definition) is 5. The normalized spacial score (nSPS) is 30.0. The number of morpholine rings is 1. The molecule has 0 saturated carbocycles. The second-order valence-electron chi connectivity index (χ2n) is 3.89. The quantitative estimate of drug-likeness (QED) is 0.652. The van der Waals surface area contributed by atoms with E-state index in [0.29, 0.717) is 19.8 Å². The SMILES string of the molecule is O=C(O)C1COCCN1C(=O)C1COCCO1. The van der Waals surface area contributed by atoms with Crippen molar-refractivity contribution in [3.05, 3.63) is 0 Å². The lowest BCUT2D eigenvalue weighted by Gasteiger charge is -2.35. The predicted molar refractivity (Wildman–Crippen MR) is 54.5 cm³/mol. The van der Waals surface area contributed by atoms with Crippen LogP contribution in [0.2, 0.25) is 0 Å². The van der Waals surface area contributed by atoms with E-state index < -0.39 is 18.1 Å². The summed E-state index contributed by atoms with van der Waals surface area (Å²) in [5, 5.41) is 9.01. The molecule has 0 bridgehead atoms. The van der Waals surface area contributed by atoms with E-state index in [2.05, 4.69) is 0 Å². The zero-order chi connectivity index (χ0) is 12.3. The van der Waals surface area contributed by atoms with Crippen LogP contribution in [0.5, 0.6) is 0 Å². The van der Waals surface area contributed by atoms with Crippen LogP contribution in [0.4, 0.5) is 0 Å². The first-order valence-electron chi connectivity index (χ1n) is 5.50. The summed E-state index contributed by atoms with van der Waals surface area (Å²) in [5.41, 5.74) is 0. The highest BCUT2D eigenvalue weighted by Gasteiger charge is 2.37. The van der Waals surface area contributed by atoms with Crippen molar-refractivity contribution < 1.29 is 28.9 Å². The fourth-order valence-corrected chi connectivity index (χ4v) is 1.89. The second kappa shape index (κ2) is 5.44. The molecule has 1 N–H and O–H groups in total. The molecule has 2 rings (SSSR count). The highest BCUT2D eigenvalue weighted by molar-refractivity contribution is 5.86. The van der Waals surface area contributed by atoms with Crippen molar-refractivity contribution in [1.82, 2.24) is 4.90 Å². The predicted octanol–water partition coefficient (Wildman–Crippen LogP) is -1.29. The summed E-state index contributed by atoms with van der Waals surface area (Å²) in [6.45, 7) is 1.66. The minimum Gasteiger partial charge on any atom is -0.480 e. The number of carboxylic acids is 1. The van der Waals surface area contributed by atoms with Gasteiger partial charge in [-0.25, -0.2) is 4.79 Å². The van der Waals surface area contributed by atoms with E-state index in [0.717, 1.165) is 0 Å². The number of aliphatic carboxylic acids is 1. The summed E-state index contributed by atoms with van der Waals surface area (Å²) in [4.78, 5) is 24.4. The van der Waals surface area contributed by atoms with Crippen LogP contribution in [0.15, 0.2) is 0 Å². The van der Waals surface area contributed by atoms with Crippen LogP contribution in [0.25, 0.3) is 0 Å². The molecule has 2 aliphatic heterocycles. The average Bonchev–Trinajstić information content (AvgIpc) is 2.39. The molecule has 2 saturated heterocycles. The van der Waals surface area contributed by atoms with Gasteiger partial charge in [0.15, 0.2) is 12.1 Å². The summed E-state index contributed by atoms with van der Waals surface area (Å²) >= 11 is 0. The molecule has 2 fully saturated rings. The van der Waals surface area contributed by atoms with Gasteiger partial charge in [-0.15, -0.1) is 0 Å². The van der Waals surface area contributed by atoms with E-state index in [4.69, 9.17) is 19.3 Å². The zero-order valence-electron chi connectivity index (χ0n) is 9.33. The summed E-state index contributed by atoms with van der Waals surface area (Å²) in [6.07, 6.45) is -0.691. The van der Waals surface area contributed by atoms with Gasteiger partial charge in [-0.2, -0.15) is 0 Å². The average molecular weight is 245 g/mol. The Morgan fingerprint density at radius 2 is 1.88 bits per heavy atom. The molecule has 7 nitrogen and oxygen atoms in total. The number of rotatable bonds is 2. The maximum atomic E-state index is 12.1. The largest absolute Gasteiger partial charge is 0.480 e. The molecule has 0 radical (unpaired) electrons. The molecule has 2 heterocycles. The van der Waals surface area contributed by atoms with Crippen LogP contribution in [-0.2, 0) is 23.8 Å². The van der Waals surface area contributed by atoms with Crippen molar-refractivity contribution in [1.29, 1.82) is 0 Å². The van der Waals surface area contributed by atoms with Crippen molar-refractivity contribution in [2.45, 2.75) is 12.1 Å². The van der Waals surface area contributed by atoms with Gasteiger partial charge in [-0.3, -0.25) is 4.79 Å². The molecule has 17 heavy (non-hydrogen) atoms. The zero-order valence-corrected chi connectivity index (χ0v) is 9.33. The number of amides is 1. The molecule has 7 heteroatoms. The maximum Gasteiger partial charge on any atom is 0.328 e. The molecule has 2 aliphatic rings. The van der Waals surface area contributed by atoms with E-state index in [1.807, 2.05) is 0 Å². The van der Waals surface area contributed by atoms with Gasteiger partial charge in [0.25, 0.3) is 5.91 Å². The second-order valence-corrected chi connectivity index (χ2v) is 3.89. The van der Waals surface area contributed by atoms with Crippen LogP contribution in [0.1, 0.15) is 0 Å². The van der Waals surface area contributed by atoms with Gasteiger partial charge in [0.05, 0.1) is 33.0 Å². The highest BCUT2D eigenvalue weighted by atomic mass is 16.6. The lowest BCUT2D eigenvalue weighted by atomic mass is 10.2. The number of carbonyl (C=O) groups is 2. The Balaban J connectivity index is 2.02. The first kappa shape index (κ1) is 12.3. The van der Waals surface area contributed by atoms with Crippen LogP contribution in [0.3, 0.4) is 0 Å². The van der Waals surface area contributed by atoms with Crippen molar-refractivity contribution in [3.8, 4) is 0 Å². The van der Waals surface area contributed by atoms with Gasteiger partial charge in [0.2, 0.25) is 0 Å². The van der Waals surface area contributed by atoms with E-state index in [1.165, 1.54) is 4.90 Å². The molecular weight excluding hydrogens is 230 g/mol. The molecule has 0 spiro atoms. The van der Waals surface area contributed by atoms with Crippen molar-refractivity contribution >= 4 is 11.9 Å². The Labute approximate surface area is 98.2 Å². The van der Waals surface area contributed by atoms with E-state index in [1.54, 1.807) is 0 Å². The molecule has 96 valence electrons. The summed E-state index contributed by atoms with van der Waals surface area (Å²) < 4.78 is 15.5. The summed E-state index contributed by atoms with van der Waals surface area (Å²) in [6, 6.07) is -0.929. The van der Waals surface area contributed by atoms with E-state index in [9.17, 15) is 9.59 Å². The Hall–Kier alpha value is -1.18. The minimum absolute atomic E-state index is 0.0225. The third kappa shape index (κ3) is 2.74. The molecule has 0 aromatic carbocycles. The molecule has 0 aromatic rings. The maximum absolute atomic E-state index is 12.1. The Kier molecular flexibility index (Phi) is 3.93. The molecule has 2 unspecified atom stereocenters. The van der Waals surface area contributed by atoms with Gasteiger partial charge in [-0.05, 0) is 0 Å². The van der Waals surface area contributed by atoms with Crippen LogP contribution in [-0.4, -0.2) is 73.6 Å². The van der Waals surface area contributed by atoms with Gasteiger partial charge >= 0.3 is 5.97 Å². The monoisotopic (exact) mass is 245 g/mol. The topological polar surface area (TPSA) is 85.3 Å².